The third-order valence-electron chi connectivity index (χ3n) is 4.39. The maximum absolute atomic E-state index is 11.0. The first kappa shape index (κ1) is 17.8. The van der Waals surface area contributed by atoms with Gasteiger partial charge in [0, 0.05) is 6.42 Å². The molecule has 0 fully saturated rings. The molecule has 0 unspecified atom stereocenters. The quantitative estimate of drug-likeness (QED) is 0.440. The van der Waals surface area contributed by atoms with E-state index in [9.17, 15) is 5.11 Å². The van der Waals surface area contributed by atoms with Gasteiger partial charge in [0.15, 0.2) is 5.58 Å². The van der Waals surface area contributed by atoms with Crippen molar-refractivity contribution in [1.82, 2.24) is 9.97 Å². The second-order valence-electron chi connectivity index (χ2n) is 6.52. The molecule has 0 saturated heterocycles. The van der Waals surface area contributed by atoms with Crippen molar-refractivity contribution >= 4 is 17.2 Å². The normalized spacial score (nSPS) is 11.5. The number of aromatic hydroxyl groups is 1. The van der Waals surface area contributed by atoms with E-state index in [1.165, 1.54) is 0 Å². The predicted octanol–water partition coefficient (Wildman–Crippen LogP) is 5.93. The SMILES string of the molecule is C=CCc1oc(-c2cc(C)cc(-c3nc4ccccc4o3)c2O)nc1/C=C\C. The minimum atomic E-state index is 0.0237. The van der Waals surface area contributed by atoms with E-state index in [1.54, 1.807) is 6.08 Å². The van der Waals surface area contributed by atoms with Crippen LogP contribution in [0.4, 0.5) is 0 Å². The number of oxazole rings is 2. The van der Waals surface area contributed by atoms with Crippen molar-refractivity contribution < 1.29 is 13.9 Å². The average Bonchev–Trinajstić information content (AvgIpc) is 3.28. The summed E-state index contributed by atoms with van der Waals surface area (Å²) >= 11 is 0. The van der Waals surface area contributed by atoms with Crippen LogP contribution in [0.1, 0.15) is 23.9 Å². The van der Waals surface area contributed by atoms with E-state index >= 15 is 0 Å². The molecule has 0 atom stereocenters. The van der Waals surface area contributed by atoms with Gasteiger partial charge in [-0.15, -0.1) is 6.58 Å². The molecule has 5 nitrogen and oxygen atoms in total. The van der Waals surface area contributed by atoms with Gasteiger partial charge >= 0.3 is 0 Å². The molecule has 28 heavy (non-hydrogen) atoms. The van der Waals surface area contributed by atoms with Gasteiger partial charge in [0.05, 0.1) is 11.1 Å². The van der Waals surface area contributed by atoms with Gasteiger partial charge in [0.2, 0.25) is 11.8 Å². The Bertz CT molecular complexity index is 1170. The zero-order valence-electron chi connectivity index (χ0n) is 15.8. The van der Waals surface area contributed by atoms with Crippen LogP contribution in [-0.2, 0) is 6.42 Å². The Kier molecular flexibility index (Phi) is 4.57. The Morgan fingerprint density at radius 1 is 1.07 bits per heavy atom. The number of nitrogens with zero attached hydrogens (tertiary/aromatic N) is 2. The fourth-order valence-corrected chi connectivity index (χ4v) is 3.14. The molecule has 0 radical (unpaired) electrons. The second-order valence-corrected chi connectivity index (χ2v) is 6.52. The lowest BCUT2D eigenvalue weighted by Crippen LogP contribution is -1.87. The van der Waals surface area contributed by atoms with E-state index in [4.69, 9.17) is 8.83 Å². The molecule has 2 heterocycles. The fraction of sp³-hybridized carbons (Fsp3) is 0.130. The molecule has 0 aliphatic heterocycles. The molecule has 0 amide bonds. The van der Waals surface area contributed by atoms with Crippen molar-refractivity contribution in [2.75, 3.05) is 0 Å². The smallest absolute Gasteiger partial charge is 0.231 e. The van der Waals surface area contributed by atoms with Gasteiger partial charge in [-0.1, -0.05) is 24.3 Å². The van der Waals surface area contributed by atoms with Crippen molar-refractivity contribution in [2.45, 2.75) is 20.3 Å². The summed E-state index contributed by atoms with van der Waals surface area (Å²) < 4.78 is 11.8. The number of aryl methyl sites for hydroxylation is 1. The van der Waals surface area contributed by atoms with E-state index in [2.05, 4.69) is 16.5 Å². The molecule has 0 aliphatic rings. The van der Waals surface area contributed by atoms with Crippen LogP contribution < -0.4 is 0 Å². The monoisotopic (exact) mass is 372 g/mol. The Balaban J connectivity index is 1.87. The molecule has 4 aromatic rings. The van der Waals surface area contributed by atoms with Gasteiger partial charge < -0.3 is 13.9 Å². The first-order valence-electron chi connectivity index (χ1n) is 9.04. The van der Waals surface area contributed by atoms with E-state index < -0.39 is 0 Å². The van der Waals surface area contributed by atoms with Crippen LogP contribution in [0.25, 0.3) is 40.1 Å². The standard InChI is InChI=1S/C23H20N2O3/c1-4-8-17-19(9-5-2)27-22(24-17)15-12-14(3)13-16(21(15)26)23-25-18-10-6-7-11-20(18)28-23/h4-8,10-13,26H,2,9H2,1,3H3/b8-4-. The summed E-state index contributed by atoms with van der Waals surface area (Å²) in [5, 5.41) is 11.0. The average molecular weight is 372 g/mol. The topological polar surface area (TPSA) is 72.3 Å². The molecule has 140 valence electrons. The Hall–Kier alpha value is -3.60. The van der Waals surface area contributed by atoms with Gasteiger partial charge in [-0.05, 0) is 49.8 Å². The van der Waals surface area contributed by atoms with Crippen LogP contribution >= 0.6 is 0 Å². The van der Waals surface area contributed by atoms with Crippen molar-refractivity contribution in [3.05, 3.63) is 72.1 Å². The summed E-state index contributed by atoms with van der Waals surface area (Å²) in [6, 6.07) is 11.2. The summed E-state index contributed by atoms with van der Waals surface area (Å²) in [4.78, 5) is 9.06. The number of para-hydroxylation sites is 2. The van der Waals surface area contributed by atoms with Crippen LogP contribution in [-0.4, -0.2) is 15.1 Å². The predicted molar refractivity (Wildman–Crippen MR) is 110 cm³/mol. The Morgan fingerprint density at radius 3 is 2.46 bits per heavy atom. The van der Waals surface area contributed by atoms with Gasteiger partial charge in [-0.2, -0.15) is 0 Å². The minimum absolute atomic E-state index is 0.0237. The molecule has 0 spiro atoms. The number of fused-ring (bicyclic) bond motifs is 1. The highest BCUT2D eigenvalue weighted by atomic mass is 16.4. The van der Waals surface area contributed by atoms with Crippen LogP contribution in [0.15, 0.2) is 64.0 Å². The largest absolute Gasteiger partial charge is 0.506 e. The molecular formula is C23H20N2O3. The van der Waals surface area contributed by atoms with Gasteiger partial charge in [0.25, 0.3) is 0 Å². The van der Waals surface area contributed by atoms with Crippen molar-refractivity contribution in [1.29, 1.82) is 0 Å². The van der Waals surface area contributed by atoms with E-state index in [-0.39, 0.29) is 5.75 Å². The summed E-state index contributed by atoms with van der Waals surface area (Å²) in [5.74, 6) is 1.43. The number of aromatic nitrogens is 2. The van der Waals surface area contributed by atoms with Crippen LogP contribution in [0.2, 0.25) is 0 Å². The zero-order chi connectivity index (χ0) is 19.7. The van der Waals surface area contributed by atoms with Crippen LogP contribution in [0.3, 0.4) is 0 Å². The summed E-state index contributed by atoms with van der Waals surface area (Å²) in [5.41, 5.74) is 4.06. The first-order chi connectivity index (χ1) is 13.6. The number of phenols is 1. The highest BCUT2D eigenvalue weighted by Gasteiger charge is 2.21. The Labute approximate surface area is 162 Å². The third-order valence-corrected chi connectivity index (χ3v) is 4.39. The maximum Gasteiger partial charge on any atom is 0.231 e. The lowest BCUT2D eigenvalue weighted by Gasteiger charge is -2.07. The molecule has 2 aromatic carbocycles. The fourth-order valence-electron chi connectivity index (χ4n) is 3.14. The van der Waals surface area contributed by atoms with Gasteiger partial charge in [-0.3, -0.25) is 0 Å². The van der Waals surface area contributed by atoms with E-state index in [0.29, 0.717) is 40.7 Å². The summed E-state index contributed by atoms with van der Waals surface area (Å²) in [7, 11) is 0. The van der Waals surface area contributed by atoms with Crippen LogP contribution in [0.5, 0.6) is 5.75 Å². The minimum Gasteiger partial charge on any atom is -0.506 e. The first-order valence-corrected chi connectivity index (χ1v) is 9.04. The van der Waals surface area contributed by atoms with Crippen molar-refractivity contribution in [2.24, 2.45) is 0 Å². The molecule has 0 bridgehead atoms. The zero-order valence-corrected chi connectivity index (χ0v) is 15.8. The molecule has 0 saturated carbocycles. The highest BCUT2D eigenvalue weighted by molar-refractivity contribution is 5.81. The second kappa shape index (κ2) is 7.19. The maximum atomic E-state index is 11.0. The lowest BCUT2D eigenvalue weighted by atomic mass is 10.0. The number of hydrogen-bond acceptors (Lipinski definition) is 5. The molecule has 1 N–H and O–H groups in total. The lowest BCUT2D eigenvalue weighted by molar-refractivity contribution is 0.469. The summed E-state index contributed by atoms with van der Waals surface area (Å²) in [6.07, 6.45) is 6.09. The molecule has 5 heteroatoms. The molecule has 0 aliphatic carbocycles. The number of benzene rings is 2. The van der Waals surface area contributed by atoms with Gasteiger partial charge in [-0.25, -0.2) is 9.97 Å². The third kappa shape index (κ3) is 3.11. The summed E-state index contributed by atoms with van der Waals surface area (Å²) in [6.45, 7) is 7.62. The molecule has 4 rings (SSSR count). The van der Waals surface area contributed by atoms with E-state index in [0.717, 1.165) is 16.8 Å². The number of hydrogen-bond donors (Lipinski definition) is 1. The Morgan fingerprint density at radius 2 is 1.79 bits per heavy atom. The van der Waals surface area contributed by atoms with Gasteiger partial charge in [0.1, 0.15) is 22.7 Å². The number of phenolic OH excluding ortho intramolecular Hbond substituents is 1. The van der Waals surface area contributed by atoms with Crippen molar-refractivity contribution in [3.8, 4) is 28.7 Å². The molecular weight excluding hydrogens is 352 g/mol. The van der Waals surface area contributed by atoms with E-state index in [1.807, 2.05) is 62.4 Å². The van der Waals surface area contributed by atoms with Crippen LogP contribution in [0, 0.1) is 6.92 Å². The number of allylic oxidation sites excluding steroid dienone is 2. The van der Waals surface area contributed by atoms with Crippen molar-refractivity contribution in [3.63, 3.8) is 0 Å². The highest BCUT2D eigenvalue weighted by Crippen LogP contribution is 2.40. The number of rotatable bonds is 5. The molecule has 2 aromatic heterocycles.